The van der Waals surface area contributed by atoms with E-state index in [1.165, 1.54) is 19.3 Å². The van der Waals surface area contributed by atoms with Crippen LogP contribution in [0.3, 0.4) is 0 Å². The fourth-order valence-corrected chi connectivity index (χ4v) is 2.99. The molecule has 0 aromatic rings. The van der Waals surface area contributed by atoms with Gasteiger partial charge in [0.05, 0.1) is 6.61 Å². The first-order chi connectivity index (χ1) is 8.56. The van der Waals surface area contributed by atoms with Gasteiger partial charge in [0, 0.05) is 24.2 Å². The smallest absolute Gasteiger partial charge is 0.0611 e. The average molecular weight is 256 g/mol. The number of nitrogens with zero attached hydrogens (tertiary/aromatic N) is 1. The van der Waals surface area contributed by atoms with Crippen molar-refractivity contribution in [1.29, 1.82) is 0 Å². The molecule has 1 saturated heterocycles. The van der Waals surface area contributed by atoms with E-state index in [4.69, 9.17) is 0 Å². The van der Waals surface area contributed by atoms with Crippen LogP contribution in [0.25, 0.3) is 0 Å². The van der Waals surface area contributed by atoms with Gasteiger partial charge in [-0.1, -0.05) is 13.8 Å². The maximum Gasteiger partial charge on any atom is 0.0611 e. The largest absolute Gasteiger partial charge is 0.394 e. The molecule has 18 heavy (non-hydrogen) atoms. The maximum absolute atomic E-state index is 9.59. The van der Waals surface area contributed by atoms with Gasteiger partial charge in [0.2, 0.25) is 0 Å². The van der Waals surface area contributed by atoms with Crippen molar-refractivity contribution < 1.29 is 5.11 Å². The van der Waals surface area contributed by atoms with Crippen molar-refractivity contribution in [3.8, 4) is 0 Å². The molecule has 1 aliphatic heterocycles. The van der Waals surface area contributed by atoms with E-state index in [0.29, 0.717) is 6.04 Å². The van der Waals surface area contributed by atoms with Gasteiger partial charge in [0.25, 0.3) is 0 Å². The summed E-state index contributed by atoms with van der Waals surface area (Å²) in [4.78, 5) is 2.64. The Morgan fingerprint density at radius 2 is 2.06 bits per heavy atom. The highest BCUT2D eigenvalue weighted by Crippen LogP contribution is 2.27. The molecule has 1 rings (SSSR count). The van der Waals surface area contributed by atoms with Crippen LogP contribution in [0.4, 0.5) is 0 Å². The zero-order valence-corrected chi connectivity index (χ0v) is 12.7. The molecule has 1 aliphatic rings. The Morgan fingerprint density at radius 3 is 2.61 bits per heavy atom. The van der Waals surface area contributed by atoms with Gasteiger partial charge >= 0.3 is 0 Å². The van der Waals surface area contributed by atoms with Gasteiger partial charge < -0.3 is 10.4 Å². The van der Waals surface area contributed by atoms with Crippen LogP contribution in [0.2, 0.25) is 0 Å². The van der Waals surface area contributed by atoms with Crippen molar-refractivity contribution in [3.05, 3.63) is 0 Å². The van der Waals surface area contributed by atoms with E-state index in [1.54, 1.807) is 0 Å². The molecule has 1 heterocycles. The highest BCUT2D eigenvalue weighted by atomic mass is 16.3. The minimum Gasteiger partial charge on any atom is -0.394 e. The lowest BCUT2D eigenvalue weighted by Crippen LogP contribution is -2.49. The van der Waals surface area contributed by atoms with Crippen LogP contribution in [0, 0.1) is 0 Å². The van der Waals surface area contributed by atoms with Crippen molar-refractivity contribution in [2.75, 3.05) is 19.7 Å². The second-order valence-corrected chi connectivity index (χ2v) is 6.12. The van der Waals surface area contributed by atoms with Crippen molar-refractivity contribution in [2.45, 2.75) is 77.4 Å². The summed E-state index contributed by atoms with van der Waals surface area (Å²) in [5, 5.41) is 13.1. The third kappa shape index (κ3) is 4.22. The van der Waals surface area contributed by atoms with Crippen LogP contribution in [0.1, 0.15) is 59.8 Å². The van der Waals surface area contributed by atoms with Crippen LogP contribution in [-0.4, -0.2) is 47.3 Å². The number of aliphatic hydroxyl groups is 1. The van der Waals surface area contributed by atoms with Gasteiger partial charge in [0.1, 0.15) is 0 Å². The summed E-state index contributed by atoms with van der Waals surface area (Å²) in [6, 6.07) is 1.47. The maximum atomic E-state index is 9.59. The van der Waals surface area contributed by atoms with Gasteiger partial charge in [-0.25, -0.2) is 0 Å². The van der Waals surface area contributed by atoms with Crippen molar-refractivity contribution in [1.82, 2.24) is 10.2 Å². The molecule has 0 bridgehead atoms. The molecule has 3 heteroatoms. The molecule has 0 aromatic heterocycles. The Hall–Kier alpha value is -0.120. The zero-order chi connectivity index (χ0) is 13.6. The normalized spacial score (nSPS) is 28.5. The number of aliphatic hydroxyl groups excluding tert-OH is 1. The quantitative estimate of drug-likeness (QED) is 0.700. The van der Waals surface area contributed by atoms with Crippen molar-refractivity contribution in [3.63, 3.8) is 0 Å². The Morgan fingerprint density at radius 1 is 1.33 bits per heavy atom. The van der Waals surface area contributed by atoms with Gasteiger partial charge in [-0.3, -0.25) is 4.90 Å². The lowest BCUT2D eigenvalue weighted by molar-refractivity contribution is 0.127. The molecule has 0 aliphatic carbocycles. The molecule has 108 valence electrons. The van der Waals surface area contributed by atoms with Crippen LogP contribution in [0.15, 0.2) is 0 Å². The van der Waals surface area contributed by atoms with Gasteiger partial charge in [0.15, 0.2) is 0 Å². The highest BCUT2D eigenvalue weighted by molar-refractivity contribution is 4.89. The van der Waals surface area contributed by atoms with Gasteiger partial charge in [-0.2, -0.15) is 0 Å². The lowest BCUT2D eigenvalue weighted by Gasteiger charge is -2.34. The monoisotopic (exact) mass is 256 g/mol. The summed E-state index contributed by atoms with van der Waals surface area (Å²) in [5.41, 5.74) is -0.114. The SMILES string of the molecule is CCCNC(C)(CO)CCN1C(C)CCC1CC. The molecule has 0 radical (unpaired) electrons. The topological polar surface area (TPSA) is 35.5 Å². The third-order valence-corrected chi connectivity index (χ3v) is 4.50. The fraction of sp³-hybridized carbons (Fsp3) is 1.00. The summed E-state index contributed by atoms with van der Waals surface area (Å²) in [6.45, 7) is 11.3. The van der Waals surface area contributed by atoms with E-state index in [2.05, 4.69) is 37.9 Å². The van der Waals surface area contributed by atoms with E-state index in [0.717, 1.165) is 32.0 Å². The molecule has 3 unspecified atom stereocenters. The van der Waals surface area contributed by atoms with Crippen LogP contribution in [-0.2, 0) is 0 Å². The molecule has 0 saturated carbocycles. The average Bonchev–Trinajstić information content (AvgIpc) is 2.74. The summed E-state index contributed by atoms with van der Waals surface area (Å²) in [7, 11) is 0. The number of nitrogens with one attached hydrogen (secondary N) is 1. The van der Waals surface area contributed by atoms with Crippen LogP contribution < -0.4 is 5.32 Å². The summed E-state index contributed by atoms with van der Waals surface area (Å²) < 4.78 is 0. The predicted octanol–water partition coefficient (Wildman–Crippen LogP) is 2.39. The Kier molecular flexibility index (Phi) is 6.61. The van der Waals surface area contributed by atoms with E-state index in [9.17, 15) is 5.11 Å². The van der Waals surface area contributed by atoms with Gasteiger partial charge in [-0.05, 0) is 52.5 Å². The number of rotatable bonds is 8. The number of hydrogen-bond donors (Lipinski definition) is 2. The molecule has 1 fully saturated rings. The van der Waals surface area contributed by atoms with E-state index >= 15 is 0 Å². The minimum atomic E-state index is -0.114. The van der Waals surface area contributed by atoms with Gasteiger partial charge in [-0.15, -0.1) is 0 Å². The minimum absolute atomic E-state index is 0.114. The van der Waals surface area contributed by atoms with Crippen molar-refractivity contribution in [2.24, 2.45) is 0 Å². The molecule has 0 amide bonds. The molecule has 0 aromatic carbocycles. The van der Waals surface area contributed by atoms with E-state index in [-0.39, 0.29) is 12.1 Å². The molecule has 2 N–H and O–H groups in total. The van der Waals surface area contributed by atoms with Crippen LogP contribution >= 0.6 is 0 Å². The van der Waals surface area contributed by atoms with E-state index in [1.807, 2.05) is 0 Å². The first-order valence-corrected chi connectivity index (χ1v) is 7.68. The zero-order valence-electron chi connectivity index (χ0n) is 12.7. The number of hydrogen-bond acceptors (Lipinski definition) is 3. The molecule has 3 atom stereocenters. The molecule has 0 spiro atoms. The molecular formula is C15H32N2O. The highest BCUT2D eigenvalue weighted by Gasteiger charge is 2.31. The summed E-state index contributed by atoms with van der Waals surface area (Å²) >= 11 is 0. The summed E-state index contributed by atoms with van der Waals surface area (Å²) in [5.74, 6) is 0. The second-order valence-electron chi connectivity index (χ2n) is 6.12. The first-order valence-electron chi connectivity index (χ1n) is 7.68. The lowest BCUT2D eigenvalue weighted by atomic mass is 9.98. The number of likely N-dealkylation sites (tertiary alicyclic amines) is 1. The molecular weight excluding hydrogens is 224 g/mol. The molecule has 3 nitrogen and oxygen atoms in total. The Bertz CT molecular complexity index is 235. The fourth-order valence-electron chi connectivity index (χ4n) is 2.99. The third-order valence-electron chi connectivity index (χ3n) is 4.50. The Balaban J connectivity index is 2.45. The van der Waals surface area contributed by atoms with Crippen molar-refractivity contribution >= 4 is 0 Å². The van der Waals surface area contributed by atoms with E-state index < -0.39 is 0 Å². The first kappa shape index (κ1) is 15.9. The Labute approximate surface area is 113 Å². The standard InChI is InChI=1S/C15H32N2O/c1-5-10-16-15(4,12-18)9-11-17-13(3)7-8-14(17)6-2/h13-14,16,18H,5-12H2,1-4H3. The predicted molar refractivity (Wildman–Crippen MR) is 77.9 cm³/mol. The van der Waals surface area contributed by atoms with Crippen LogP contribution in [0.5, 0.6) is 0 Å². The summed E-state index contributed by atoms with van der Waals surface area (Å²) in [6.07, 6.45) is 6.08. The second kappa shape index (κ2) is 7.46.